The molecule has 0 N–H and O–H groups in total. The average Bonchev–Trinajstić information content (AvgIpc) is 3.08. The Hall–Kier alpha value is -2.92. The number of rotatable bonds is 9. The highest BCUT2D eigenvalue weighted by atomic mass is 32.1. The maximum absolute atomic E-state index is 4.59. The summed E-state index contributed by atoms with van der Waals surface area (Å²) in [6, 6.07) is 19.0. The largest absolute Gasteiger partial charge is 0.314 e. The van der Waals surface area contributed by atoms with Crippen LogP contribution < -0.4 is 4.90 Å². The Bertz CT molecular complexity index is 1030. The van der Waals surface area contributed by atoms with E-state index in [-0.39, 0.29) is 0 Å². The zero-order valence-corrected chi connectivity index (χ0v) is 32.5. The summed E-state index contributed by atoms with van der Waals surface area (Å²) in [6.07, 6.45) is 12.7. The number of hydrogen-bond donors (Lipinski definition) is 1. The van der Waals surface area contributed by atoms with Gasteiger partial charge in [-0.25, -0.2) is 9.97 Å². The number of hydrogen-bond acceptors (Lipinski definition) is 5. The minimum absolute atomic E-state index is 0.352. The van der Waals surface area contributed by atoms with E-state index in [2.05, 4.69) is 110 Å². The second-order valence-corrected chi connectivity index (χ2v) is 10.4. The molecule has 45 heavy (non-hydrogen) atoms. The second kappa shape index (κ2) is 37.3. The van der Waals surface area contributed by atoms with E-state index in [0.29, 0.717) is 11.3 Å². The van der Waals surface area contributed by atoms with Crippen molar-refractivity contribution in [1.82, 2.24) is 9.97 Å². The predicted molar refractivity (Wildman–Crippen MR) is 213 cm³/mol. The fourth-order valence-electron chi connectivity index (χ4n) is 3.52. The maximum Gasteiger partial charge on any atom is 0.116 e. The predicted octanol–water partition coefficient (Wildman–Crippen LogP) is 13.5. The van der Waals surface area contributed by atoms with Crippen molar-refractivity contribution in [3.63, 3.8) is 0 Å². The lowest BCUT2D eigenvalue weighted by Crippen LogP contribution is -2.13. The van der Waals surface area contributed by atoms with Gasteiger partial charge in [-0.1, -0.05) is 158 Å². The fraction of sp³-hybridized carbons (Fsp3) is 0.525. The van der Waals surface area contributed by atoms with Crippen molar-refractivity contribution in [2.24, 2.45) is 4.99 Å². The molecular formula is C40H70N4S. The molecule has 0 radical (unpaired) electrons. The van der Waals surface area contributed by atoms with Gasteiger partial charge in [0, 0.05) is 23.5 Å². The summed E-state index contributed by atoms with van der Waals surface area (Å²) >= 11 is 3.97. The number of thiol groups is 1. The van der Waals surface area contributed by atoms with Crippen molar-refractivity contribution in [3.8, 4) is 11.3 Å². The Morgan fingerprint density at radius 2 is 1.31 bits per heavy atom. The Labute approximate surface area is 286 Å². The summed E-state index contributed by atoms with van der Waals surface area (Å²) in [5.41, 5.74) is 5.22. The van der Waals surface area contributed by atoms with Crippen molar-refractivity contribution in [2.45, 2.75) is 140 Å². The van der Waals surface area contributed by atoms with Gasteiger partial charge >= 0.3 is 0 Å². The first-order valence-electron chi connectivity index (χ1n) is 17.4. The summed E-state index contributed by atoms with van der Waals surface area (Å²) in [6.45, 7) is 32.8. The number of benzene rings is 2. The first-order valence-corrected chi connectivity index (χ1v) is 17.9. The number of aryl methyl sites for hydroxylation is 1. The van der Waals surface area contributed by atoms with Gasteiger partial charge in [-0.3, -0.25) is 4.99 Å². The molecule has 0 amide bonds. The minimum atomic E-state index is 0.352. The molecule has 1 unspecified atom stereocenters. The van der Waals surface area contributed by atoms with Crippen molar-refractivity contribution >= 4 is 30.2 Å². The monoisotopic (exact) mass is 639 g/mol. The van der Waals surface area contributed by atoms with Gasteiger partial charge in [0.25, 0.3) is 0 Å². The molecule has 0 bridgehead atoms. The SMILES string of the molecule is C=CN(c1ccccc1CCC(CC)N=CC)c1cncnc1-c1ccccc1.CC.CC.CC.CC(C)S.CCC.CCC. The molecule has 256 valence electrons. The van der Waals surface area contributed by atoms with Crippen LogP contribution in [0.15, 0.2) is 84.9 Å². The van der Waals surface area contributed by atoms with Crippen molar-refractivity contribution in [2.75, 3.05) is 4.90 Å². The molecule has 0 aliphatic rings. The van der Waals surface area contributed by atoms with E-state index in [9.17, 15) is 0 Å². The van der Waals surface area contributed by atoms with Crippen molar-refractivity contribution in [1.29, 1.82) is 0 Å². The highest BCUT2D eigenvalue weighted by molar-refractivity contribution is 7.80. The highest BCUT2D eigenvalue weighted by Gasteiger charge is 2.17. The first-order chi connectivity index (χ1) is 21.8. The van der Waals surface area contributed by atoms with Crippen molar-refractivity contribution < 1.29 is 0 Å². The van der Waals surface area contributed by atoms with E-state index in [1.165, 1.54) is 18.4 Å². The van der Waals surface area contributed by atoms with Crippen LogP contribution in [0, 0.1) is 0 Å². The molecule has 0 fully saturated rings. The van der Waals surface area contributed by atoms with Crippen LogP contribution in [0.25, 0.3) is 11.3 Å². The smallest absolute Gasteiger partial charge is 0.116 e. The van der Waals surface area contributed by atoms with Crippen LogP contribution in [0.2, 0.25) is 0 Å². The van der Waals surface area contributed by atoms with Gasteiger partial charge in [-0.05, 0) is 49.3 Å². The van der Waals surface area contributed by atoms with Crippen LogP contribution in [0.4, 0.5) is 11.4 Å². The zero-order chi connectivity index (χ0) is 35.5. The average molecular weight is 639 g/mol. The minimum Gasteiger partial charge on any atom is -0.314 e. The maximum atomic E-state index is 4.59. The number of aromatic nitrogens is 2. The molecule has 0 saturated heterocycles. The number of nitrogens with zero attached hydrogens (tertiary/aromatic N) is 4. The van der Waals surface area contributed by atoms with Crippen LogP contribution in [0.3, 0.4) is 0 Å². The van der Waals surface area contributed by atoms with Crippen LogP contribution in [-0.2, 0) is 6.42 Å². The van der Waals surface area contributed by atoms with Crippen LogP contribution >= 0.6 is 12.6 Å². The molecule has 3 rings (SSSR count). The Morgan fingerprint density at radius 3 is 1.78 bits per heavy atom. The van der Waals surface area contributed by atoms with E-state index in [0.717, 1.165) is 41.9 Å². The first kappa shape index (κ1) is 49.0. The summed E-state index contributed by atoms with van der Waals surface area (Å²) in [5, 5.41) is 0.528. The Balaban J connectivity index is -0.000000446. The second-order valence-electron chi connectivity index (χ2n) is 9.32. The normalized spacial score (nSPS) is 9.78. The van der Waals surface area contributed by atoms with E-state index < -0.39 is 0 Å². The Kier molecular flexibility index (Phi) is 40.6. The standard InChI is InChI=1S/C25H28N4.C3H8S.2C3H8.3C2H6/c1-4-22(27-5-2)17-16-20-12-10-11-15-23(20)29(6-3)24-18-26-19-28-25(24)21-13-8-7-9-14-21;1-3(2)4;2*1-3-2;3*1-2/h5-15,18-19,22H,3-4,16-17H2,1-2H3;3-4H,1-2H3;2*3H2,1-2H3;3*1-2H3. The van der Waals surface area contributed by atoms with Crippen LogP contribution in [-0.4, -0.2) is 27.5 Å². The number of anilines is 2. The third-order valence-corrected chi connectivity index (χ3v) is 5.01. The molecule has 0 aliphatic carbocycles. The lowest BCUT2D eigenvalue weighted by molar-refractivity contribution is 0.600. The lowest BCUT2D eigenvalue weighted by atomic mass is 10.0. The van der Waals surface area contributed by atoms with Gasteiger partial charge in [0.1, 0.15) is 6.33 Å². The summed E-state index contributed by atoms with van der Waals surface area (Å²) in [7, 11) is 0. The quantitative estimate of drug-likeness (QED) is 0.187. The molecular weight excluding hydrogens is 569 g/mol. The molecule has 1 atom stereocenters. The van der Waals surface area contributed by atoms with Gasteiger partial charge in [-0.2, -0.15) is 12.6 Å². The van der Waals surface area contributed by atoms with E-state index in [1.54, 1.807) is 6.33 Å². The third kappa shape index (κ3) is 24.0. The van der Waals surface area contributed by atoms with E-state index in [4.69, 9.17) is 0 Å². The molecule has 2 aromatic carbocycles. The van der Waals surface area contributed by atoms with E-state index >= 15 is 0 Å². The van der Waals surface area contributed by atoms with Crippen molar-refractivity contribution in [3.05, 3.63) is 85.5 Å². The molecule has 4 nitrogen and oxygen atoms in total. The third-order valence-electron chi connectivity index (χ3n) is 5.01. The van der Waals surface area contributed by atoms with Gasteiger partial charge in [0.05, 0.1) is 17.6 Å². The van der Waals surface area contributed by atoms with Gasteiger partial charge in [0.15, 0.2) is 0 Å². The van der Waals surface area contributed by atoms with Gasteiger partial charge in [-0.15, -0.1) is 0 Å². The van der Waals surface area contributed by atoms with Gasteiger partial charge < -0.3 is 4.90 Å². The van der Waals surface area contributed by atoms with Crippen LogP contribution in [0.1, 0.15) is 128 Å². The zero-order valence-electron chi connectivity index (χ0n) is 31.6. The summed E-state index contributed by atoms with van der Waals surface area (Å²) in [4.78, 5) is 15.5. The van der Waals surface area contributed by atoms with E-state index in [1.807, 2.05) is 99.1 Å². The topological polar surface area (TPSA) is 41.4 Å². The highest BCUT2D eigenvalue weighted by Crippen LogP contribution is 2.35. The number of aliphatic imine (C=N–C) groups is 1. The summed E-state index contributed by atoms with van der Waals surface area (Å²) in [5.74, 6) is 0. The van der Waals surface area contributed by atoms with Gasteiger partial charge in [0.2, 0.25) is 0 Å². The lowest BCUT2D eigenvalue weighted by Gasteiger charge is -2.25. The fourth-order valence-corrected chi connectivity index (χ4v) is 3.52. The molecule has 1 heterocycles. The molecule has 0 saturated carbocycles. The van der Waals surface area contributed by atoms with Crippen LogP contribution in [0.5, 0.6) is 0 Å². The molecule has 0 aliphatic heterocycles. The summed E-state index contributed by atoms with van der Waals surface area (Å²) < 4.78 is 0. The number of para-hydroxylation sites is 1. The Morgan fingerprint density at radius 1 is 0.822 bits per heavy atom. The molecule has 1 aromatic heterocycles. The molecule has 3 aromatic rings. The molecule has 0 spiro atoms. The molecule has 5 heteroatoms.